The lowest BCUT2D eigenvalue weighted by Gasteiger charge is -2.15. The van der Waals surface area contributed by atoms with E-state index in [1.54, 1.807) is 0 Å². The van der Waals surface area contributed by atoms with Gasteiger partial charge in [-0.3, -0.25) is 0 Å². The summed E-state index contributed by atoms with van der Waals surface area (Å²) in [7, 11) is 8.60. The average Bonchev–Trinajstić information content (AvgIpc) is 2.02. The maximum Gasteiger partial charge on any atom is -0.00247 e. The first-order valence-corrected chi connectivity index (χ1v) is 5.82. The molecule has 0 rings (SSSR count). The number of hydrogen-bond donors (Lipinski definition) is 0. The third-order valence-electron chi connectivity index (χ3n) is 2.60. The van der Waals surface area contributed by atoms with Gasteiger partial charge in [-0.2, -0.15) is 0 Å². The Hall–Kier alpha value is -0.0800. The molecule has 0 unspecified atom stereocenters. The molecule has 0 aliphatic carbocycles. The lowest BCUT2D eigenvalue weighted by Crippen LogP contribution is -2.15. The summed E-state index contributed by atoms with van der Waals surface area (Å²) in [6, 6.07) is 0. The molecule has 0 atom stereocenters. The molecule has 0 amide bonds. The normalized spacial score (nSPS) is 12.0. The molecule has 86 valence electrons. The molecule has 0 N–H and O–H groups in total. The molecule has 0 saturated heterocycles. The lowest BCUT2D eigenvalue weighted by molar-refractivity contribution is 0.342. The molecule has 0 aliphatic rings. The Morgan fingerprint density at radius 3 is 1.43 bits per heavy atom. The number of rotatable bonds is 8. The van der Waals surface area contributed by atoms with E-state index < -0.39 is 0 Å². The van der Waals surface area contributed by atoms with Gasteiger partial charge >= 0.3 is 0 Å². The summed E-state index contributed by atoms with van der Waals surface area (Å²) in [5.41, 5.74) is 0. The second kappa shape index (κ2) is 8.25. The van der Waals surface area contributed by atoms with E-state index in [2.05, 4.69) is 44.9 Å². The van der Waals surface area contributed by atoms with Gasteiger partial charge in [-0.05, 0) is 72.9 Å². The first kappa shape index (κ1) is 13.9. The quantitative estimate of drug-likeness (QED) is 0.593. The van der Waals surface area contributed by atoms with Gasteiger partial charge in [0.2, 0.25) is 0 Å². The van der Waals surface area contributed by atoms with Crippen molar-refractivity contribution in [2.45, 2.75) is 32.6 Å². The summed E-state index contributed by atoms with van der Waals surface area (Å²) < 4.78 is 0. The fraction of sp³-hybridized carbons (Fsp3) is 1.00. The van der Waals surface area contributed by atoms with Crippen LogP contribution in [0.4, 0.5) is 0 Å². The largest absolute Gasteiger partial charge is 0.309 e. The molecule has 2 heteroatoms. The van der Waals surface area contributed by atoms with Gasteiger partial charge in [0.25, 0.3) is 0 Å². The highest BCUT2D eigenvalue weighted by molar-refractivity contribution is 4.56. The van der Waals surface area contributed by atoms with Crippen molar-refractivity contribution < 1.29 is 0 Å². The molecular weight excluding hydrogens is 172 g/mol. The molecule has 0 bridgehead atoms. The van der Waals surface area contributed by atoms with Crippen LogP contribution in [0.3, 0.4) is 0 Å². The molecule has 0 radical (unpaired) electrons. The minimum atomic E-state index is 0.898. The molecule has 0 heterocycles. The highest BCUT2D eigenvalue weighted by atomic mass is 15.0. The zero-order valence-electron chi connectivity index (χ0n) is 10.7. The Morgan fingerprint density at radius 2 is 1.14 bits per heavy atom. The first-order valence-electron chi connectivity index (χ1n) is 5.82. The van der Waals surface area contributed by atoms with Gasteiger partial charge in [-0.15, -0.1) is 0 Å². The van der Waals surface area contributed by atoms with Gasteiger partial charge in [0.05, 0.1) is 0 Å². The number of nitrogens with zero attached hydrogens (tertiary/aromatic N) is 2. The van der Waals surface area contributed by atoms with Crippen LogP contribution in [0.25, 0.3) is 0 Å². The van der Waals surface area contributed by atoms with Crippen LogP contribution in [0.1, 0.15) is 32.6 Å². The lowest BCUT2D eigenvalue weighted by atomic mass is 10.00. The fourth-order valence-electron chi connectivity index (χ4n) is 1.66. The van der Waals surface area contributed by atoms with E-state index in [0.29, 0.717) is 0 Å². The Labute approximate surface area is 90.3 Å². The average molecular weight is 200 g/mol. The second-order valence-electron chi connectivity index (χ2n) is 5.00. The van der Waals surface area contributed by atoms with Crippen molar-refractivity contribution in [3.05, 3.63) is 0 Å². The molecule has 0 fully saturated rings. The standard InChI is InChI=1S/C12H28N2/c1-12(8-6-10-13(2)3)9-7-11-14(4)5/h12H,6-11H2,1-5H3. The summed E-state index contributed by atoms with van der Waals surface area (Å²) in [4.78, 5) is 4.54. The van der Waals surface area contributed by atoms with E-state index in [0.717, 1.165) is 5.92 Å². The zero-order chi connectivity index (χ0) is 11.0. The number of hydrogen-bond acceptors (Lipinski definition) is 2. The van der Waals surface area contributed by atoms with Gasteiger partial charge < -0.3 is 9.80 Å². The summed E-state index contributed by atoms with van der Waals surface area (Å²) in [5.74, 6) is 0.898. The first-order chi connectivity index (χ1) is 6.52. The summed E-state index contributed by atoms with van der Waals surface area (Å²) in [6.07, 6.45) is 5.45. The third kappa shape index (κ3) is 10.0. The summed E-state index contributed by atoms with van der Waals surface area (Å²) >= 11 is 0. The summed E-state index contributed by atoms with van der Waals surface area (Å²) in [5, 5.41) is 0. The van der Waals surface area contributed by atoms with Crippen molar-refractivity contribution in [3.63, 3.8) is 0 Å². The maximum atomic E-state index is 2.38. The van der Waals surface area contributed by atoms with Crippen LogP contribution in [-0.4, -0.2) is 51.1 Å². The molecule has 0 saturated carbocycles. The van der Waals surface area contributed by atoms with E-state index in [1.165, 1.54) is 38.8 Å². The van der Waals surface area contributed by atoms with Gasteiger partial charge in [0, 0.05) is 0 Å². The van der Waals surface area contributed by atoms with Crippen molar-refractivity contribution in [2.75, 3.05) is 41.3 Å². The third-order valence-corrected chi connectivity index (χ3v) is 2.60. The topological polar surface area (TPSA) is 6.48 Å². The molecule has 0 aliphatic heterocycles. The highest BCUT2D eigenvalue weighted by Gasteiger charge is 2.02. The van der Waals surface area contributed by atoms with E-state index in [9.17, 15) is 0 Å². The second-order valence-corrected chi connectivity index (χ2v) is 5.00. The SMILES string of the molecule is CC(CCCN(C)C)CCCN(C)C. The van der Waals surface area contributed by atoms with Crippen molar-refractivity contribution in [1.82, 2.24) is 9.80 Å². The smallest absolute Gasteiger partial charge is 0.00247 e. The van der Waals surface area contributed by atoms with Crippen LogP contribution in [-0.2, 0) is 0 Å². The Balaban J connectivity index is 3.23. The Bertz CT molecular complexity index is 107. The van der Waals surface area contributed by atoms with Crippen LogP contribution in [0.15, 0.2) is 0 Å². The molecule has 2 nitrogen and oxygen atoms in total. The van der Waals surface area contributed by atoms with Gasteiger partial charge in [0.1, 0.15) is 0 Å². The van der Waals surface area contributed by atoms with E-state index >= 15 is 0 Å². The predicted octanol–water partition coefficient (Wildman–Crippen LogP) is 2.31. The van der Waals surface area contributed by atoms with Crippen molar-refractivity contribution in [2.24, 2.45) is 5.92 Å². The Morgan fingerprint density at radius 1 is 0.786 bits per heavy atom. The Kier molecular flexibility index (Phi) is 8.20. The molecule has 0 aromatic carbocycles. The summed E-state index contributed by atoms with van der Waals surface area (Å²) in [6.45, 7) is 4.85. The molecule has 14 heavy (non-hydrogen) atoms. The van der Waals surface area contributed by atoms with Crippen LogP contribution in [0.5, 0.6) is 0 Å². The fourth-order valence-corrected chi connectivity index (χ4v) is 1.66. The van der Waals surface area contributed by atoms with E-state index in [4.69, 9.17) is 0 Å². The van der Waals surface area contributed by atoms with Crippen LogP contribution in [0, 0.1) is 5.92 Å². The van der Waals surface area contributed by atoms with Crippen LogP contribution < -0.4 is 0 Å². The highest BCUT2D eigenvalue weighted by Crippen LogP contribution is 2.12. The van der Waals surface area contributed by atoms with Crippen LogP contribution in [0.2, 0.25) is 0 Å². The van der Waals surface area contributed by atoms with Crippen molar-refractivity contribution >= 4 is 0 Å². The molecular formula is C12H28N2. The van der Waals surface area contributed by atoms with Gasteiger partial charge in [0.15, 0.2) is 0 Å². The minimum absolute atomic E-state index is 0.898. The van der Waals surface area contributed by atoms with Gasteiger partial charge in [-0.25, -0.2) is 0 Å². The minimum Gasteiger partial charge on any atom is -0.309 e. The molecule has 0 aromatic rings. The van der Waals surface area contributed by atoms with E-state index in [-0.39, 0.29) is 0 Å². The van der Waals surface area contributed by atoms with E-state index in [1.807, 2.05) is 0 Å². The van der Waals surface area contributed by atoms with Gasteiger partial charge in [-0.1, -0.05) is 6.92 Å². The monoisotopic (exact) mass is 200 g/mol. The van der Waals surface area contributed by atoms with Crippen LogP contribution >= 0.6 is 0 Å². The zero-order valence-corrected chi connectivity index (χ0v) is 10.7. The van der Waals surface area contributed by atoms with Crippen molar-refractivity contribution in [1.29, 1.82) is 0 Å². The van der Waals surface area contributed by atoms with Crippen molar-refractivity contribution in [3.8, 4) is 0 Å². The predicted molar refractivity (Wildman–Crippen MR) is 64.7 cm³/mol. The molecule has 0 spiro atoms. The molecule has 0 aromatic heterocycles. The maximum absolute atomic E-state index is 2.38.